The van der Waals surface area contributed by atoms with Crippen LogP contribution in [0.3, 0.4) is 0 Å². The van der Waals surface area contributed by atoms with Crippen molar-refractivity contribution in [2.24, 2.45) is 4.99 Å². The van der Waals surface area contributed by atoms with Crippen LogP contribution in [0.5, 0.6) is 34.5 Å². The van der Waals surface area contributed by atoms with Gasteiger partial charge < -0.3 is 25.0 Å². The predicted octanol–water partition coefficient (Wildman–Crippen LogP) is 10.8. The number of hydrogen-bond acceptors (Lipinski definition) is 10. The molecule has 4 heterocycles. The molecule has 2 aliphatic rings. The highest BCUT2D eigenvalue weighted by Gasteiger charge is 2.25. The van der Waals surface area contributed by atoms with E-state index < -0.39 is 0 Å². The summed E-state index contributed by atoms with van der Waals surface area (Å²) in [6.07, 6.45) is 3.70. The molecule has 2 aliphatic heterocycles. The van der Waals surface area contributed by atoms with Crippen molar-refractivity contribution in [3.63, 3.8) is 0 Å². The van der Waals surface area contributed by atoms with Gasteiger partial charge in [-0.05, 0) is 114 Å². The van der Waals surface area contributed by atoms with Crippen molar-refractivity contribution in [1.29, 1.82) is 10.5 Å². The number of aromatic hydroxyl groups is 2. The highest BCUT2D eigenvalue weighted by molar-refractivity contribution is 5.86. The third-order valence-corrected chi connectivity index (χ3v) is 10.3. The number of fused-ring (bicyclic) bond motifs is 2. The van der Waals surface area contributed by atoms with Gasteiger partial charge in [-0.25, -0.2) is 14.4 Å². The van der Waals surface area contributed by atoms with Crippen LogP contribution in [0.2, 0.25) is 0 Å². The van der Waals surface area contributed by atoms with Crippen LogP contribution < -0.4 is 14.8 Å². The number of rotatable bonds is 8. The van der Waals surface area contributed by atoms with Crippen LogP contribution in [0.1, 0.15) is 28.2 Å². The maximum absolute atomic E-state index is 9.77. The number of benzene rings is 6. The standard InChI is InChI=1S/2C25H18N4O2/c2*26-14-23-24(17-9-11-22(12-10-17)31-21-7-2-1-3-8-21)28-29-16-19(15-27-25(23)29)18-5-4-6-20(30)13-18/h1-13,16,27,30H,15H2;1-13,15,19,30H,16H2. The molecule has 12 heteroatoms. The molecule has 8 aromatic rings. The number of ether oxygens (including phenoxy) is 2. The Labute approximate surface area is 356 Å². The zero-order valence-corrected chi connectivity index (χ0v) is 33.0. The molecule has 1 unspecified atom stereocenters. The highest BCUT2D eigenvalue weighted by atomic mass is 16.5. The van der Waals surface area contributed by atoms with Gasteiger partial charge >= 0.3 is 0 Å². The van der Waals surface area contributed by atoms with E-state index in [1.165, 1.54) is 0 Å². The molecule has 300 valence electrons. The van der Waals surface area contributed by atoms with Crippen molar-refractivity contribution >= 4 is 29.6 Å². The van der Waals surface area contributed by atoms with Gasteiger partial charge in [0.15, 0.2) is 5.82 Å². The Morgan fingerprint density at radius 1 is 0.597 bits per heavy atom. The lowest BCUT2D eigenvalue weighted by atomic mass is 9.99. The van der Waals surface area contributed by atoms with E-state index in [9.17, 15) is 20.7 Å². The normalized spacial score (nSPS) is 13.5. The van der Waals surface area contributed by atoms with Crippen molar-refractivity contribution in [3.8, 4) is 69.2 Å². The van der Waals surface area contributed by atoms with Crippen molar-refractivity contribution < 1.29 is 19.7 Å². The second-order valence-corrected chi connectivity index (χ2v) is 14.4. The van der Waals surface area contributed by atoms with Gasteiger partial charge in [0.1, 0.15) is 75.0 Å². The van der Waals surface area contributed by atoms with Gasteiger partial charge in [0, 0.05) is 36.0 Å². The summed E-state index contributed by atoms with van der Waals surface area (Å²) in [5, 5.41) is 51.7. The molecule has 10 rings (SSSR count). The summed E-state index contributed by atoms with van der Waals surface area (Å²) < 4.78 is 15.1. The highest BCUT2D eigenvalue weighted by Crippen LogP contribution is 2.37. The zero-order valence-electron chi connectivity index (χ0n) is 33.0. The minimum atomic E-state index is -0.0273. The Morgan fingerprint density at radius 2 is 1.16 bits per heavy atom. The number of aromatic nitrogens is 4. The third-order valence-electron chi connectivity index (χ3n) is 10.3. The molecule has 12 nitrogen and oxygen atoms in total. The SMILES string of the molecule is N#Cc1c(-c2ccc(Oc3ccccc3)cc2)nn2c1N=CC(c1cccc(O)c1)C2.N#Cc1c(-c2ccc(Oc3ccccc3)cc2)nn2c1NCC(c1cccc(O)c1)=C2. The summed E-state index contributed by atoms with van der Waals surface area (Å²) in [5.74, 6) is 4.55. The number of nitrogens with zero attached hydrogens (tertiary/aromatic N) is 7. The molecule has 2 aromatic heterocycles. The van der Waals surface area contributed by atoms with Gasteiger partial charge in [0.25, 0.3) is 0 Å². The van der Waals surface area contributed by atoms with Crippen molar-refractivity contribution in [1.82, 2.24) is 19.6 Å². The smallest absolute Gasteiger partial charge is 0.168 e. The molecule has 0 saturated heterocycles. The molecule has 0 amide bonds. The quantitative estimate of drug-likeness (QED) is 0.135. The fourth-order valence-corrected chi connectivity index (χ4v) is 7.23. The zero-order chi connectivity index (χ0) is 42.4. The molecular weight excluding hydrogens is 777 g/mol. The fraction of sp³-hybridized carbons (Fsp3) is 0.0600. The van der Waals surface area contributed by atoms with Crippen LogP contribution >= 0.6 is 0 Å². The van der Waals surface area contributed by atoms with Crippen LogP contribution in [0.4, 0.5) is 11.6 Å². The van der Waals surface area contributed by atoms with Crippen molar-refractivity contribution in [2.75, 3.05) is 11.9 Å². The maximum atomic E-state index is 9.77. The summed E-state index contributed by atoms with van der Waals surface area (Å²) in [4.78, 5) is 4.52. The largest absolute Gasteiger partial charge is 0.508 e. The minimum Gasteiger partial charge on any atom is -0.508 e. The van der Waals surface area contributed by atoms with Crippen molar-refractivity contribution in [2.45, 2.75) is 12.5 Å². The predicted molar refractivity (Wildman–Crippen MR) is 238 cm³/mol. The van der Waals surface area contributed by atoms with Gasteiger partial charge in [-0.2, -0.15) is 20.7 Å². The molecule has 0 radical (unpaired) electrons. The molecule has 0 saturated carbocycles. The van der Waals surface area contributed by atoms with Crippen LogP contribution in [0.15, 0.2) is 163 Å². The molecule has 3 N–H and O–H groups in total. The second kappa shape index (κ2) is 17.2. The Hall–Kier alpha value is -8.87. The molecule has 1 atom stereocenters. The van der Waals surface area contributed by atoms with E-state index in [1.54, 1.807) is 39.7 Å². The molecule has 0 bridgehead atoms. The van der Waals surface area contributed by atoms with E-state index in [1.807, 2.05) is 140 Å². The molecule has 0 aliphatic carbocycles. The first-order valence-electron chi connectivity index (χ1n) is 19.7. The minimum absolute atomic E-state index is 0.0273. The first-order valence-corrected chi connectivity index (χ1v) is 19.7. The van der Waals surface area contributed by atoms with E-state index in [-0.39, 0.29) is 17.4 Å². The van der Waals surface area contributed by atoms with Crippen molar-refractivity contribution in [3.05, 3.63) is 180 Å². The number of phenolic OH excluding ortho intramolecular Hbond substituents is 2. The van der Waals surface area contributed by atoms with Gasteiger partial charge in [0.2, 0.25) is 0 Å². The van der Waals surface area contributed by atoms with E-state index >= 15 is 0 Å². The number of para-hydroxylation sites is 2. The molecule has 62 heavy (non-hydrogen) atoms. The topological polar surface area (TPSA) is 167 Å². The number of aliphatic imine (C=N–C) groups is 1. The lowest BCUT2D eigenvalue weighted by molar-refractivity contribution is 0.473. The summed E-state index contributed by atoms with van der Waals surface area (Å²) >= 11 is 0. The van der Waals surface area contributed by atoms with E-state index in [4.69, 9.17) is 9.47 Å². The Morgan fingerprint density at radius 3 is 1.74 bits per heavy atom. The van der Waals surface area contributed by atoms with Gasteiger partial charge in [-0.1, -0.05) is 60.7 Å². The summed E-state index contributed by atoms with van der Waals surface area (Å²) in [6.45, 7) is 1.08. The lowest BCUT2D eigenvalue weighted by Gasteiger charge is -2.18. The Balaban J connectivity index is 0.000000158. The first kappa shape index (κ1) is 38.6. The van der Waals surface area contributed by atoms with Gasteiger partial charge in [0.05, 0.1) is 6.54 Å². The van der Waals surface area contributed by atoms with Gasteiger partial charge in [-0.15, -0.1) is 0 Å². The molecular formula is C50H36N8O4. The average molecular weight is 813 g/mol. The number of nitriles is 2. The van der Waals surface area contributed by atoms with Crippen LogP contribution in [-0.2, 0) is 6.54 Å². The van der Waals surface area contributed by atoms with E-state index in [0.29, 0.717) is 58.7 Å². The summed E-state index contributed by atoms with van der Waals surface area (Å²) in [6, 6.07) is 52.9. The monoisotopic (exact) mass is 812 g/mol. The maximum Gasteiger partial charge on any atom is 0.168 e. The molecule has 6 aromatic carbocycles. The number of anilines is 1. The van der Waals surface area contributed by atoms with Crippen LogP contribution in [0.25, 0.3) is 34.3 Å². The van der Waals surface area contributed by atoms with Gasteiger partial charge in [-0.3, -0.25) is 0 Å². The molecule has 0 fully saturated rings. The second-order valence-electron chi connectivity index (χ2n) is 14.4. The average Bonchev–Trinajstić information content (AvgIpc) is 3.88. The lowest BCUT2D eigenvalue weighted by Crippen LogP contribution is -2.15. The Bertz CT molecular complexity index is 3030. The number of nitrogens with one attached hydrogen (secondary N) is 1. The third kappa shape index (κ3) is 8.21. The van der Waals surface area contributed by atoms with Crippen LogP contribution in [0, 0.1) is 22.7 Å². The van der Waals surface area contributed by atoms with Crippen LogP contribution in [-0.4, -0.2) is 42.5 Å². The number of hydrogen-bond donors (Lipinski definition) is 3. The summed E-state index contributed by atoms with van der Waals surface area (Å²) in [7, 11) is 0. The molecule has 0 spiro atoms. The van der Waals surface area contributed by atoms with E-state index in [2.05, 4.69) is 32.6 Å². The van der Waals surface area contributed by atoms with E-state index in [0.717, 1.165) is 39.3 Å². The fourth-order valence-electron chi connectivity index (χ4n) is 7.23. The first-order chi connectivity index (χ1) is 30.4. The number of phenols is 2. The Kier molecular flexibility index (Phi) is 10.7. The summed E-state index contributed by atoms with van der Waals surface area (Å²) in [5.41, 5.74) is 6.60.